The standard InChI is InChI=1S/C12H11BrN2O/c1-3-5-8(4-2)11(16)10-6-9(13)7-15-12(10)14/h3-7H,1-2H2,(H2,14,15)/b8-5+. The Morgan fingerprint density at radius 3 is 2.75 bits per heavy atom. The summed E-state index contributed by atoms with van der Waals surface area (Å²) in [7, 11) is 0. The fourth-order valence-electron chi connectivity index (χ4n) is 1.15. The van der Waals surface area contributed by atoms with Crippen LogP contribution in [0.1, 0.15) is 10.4 Å². The molecule has 0 bridgehead atoms. The van der Waals surface area contributed by atoms with Gasteiger partial charge in [-0.3, -0.25) is 4.79 Å². The Labute approximate surface area is 103 Å². The third-order valence-electron chi connectivity index (χ3n) is 1.91. The van der Waals surface area contributed by atoms with Gasteiger partial charge in [-0.1, -0.05) is 31.4 Å². The molecule has 0 aromatic carbocycles. The predicted molar refractivity (Wildman–Crippen MR) is 69.2 cm³/mol. The summed E-state index contributed by atoms with van der Waals surface area (Å²) in [5.41, 5.74) is 6.42. The third kappa shape index (κ3) is 2.67. The first-order valence-corrected chi connectivity index (χ1v) is 5.30. The topological polar surface area (TPSA) is 56.0 Å². The lowest BCUT2D eigenvalue weighted by Crippen LogP contribution is -2.07. The van der Waals surface area contributed by atoms with Crippen molar-refractivity contribution in [3.8, 4) is 0 Å². The van der Waals surface area contributed by atoms with E-state index in [0.717, 1.165) is 0 Å². The van der Waals surface area contributed by atoms with Crippen LogP contribution in [-0.2, 0) is 0 Å². The molecule has 0 saturated carbocycles. The van der Waals surface area contributed by atoms with Crippen LogP contribution in [0.3, 0.4) is 0 Å². The molecule has 0 unspecified atom stereocenters. The highest BCUT2D eigenvalue weighted by Crippen LogP contribution is 2.19. The van der Waals surface area contributed by atoms with Gasteiger partial charge >= 0.3 is 0 Å². The molecular weight excluding hydrogens is 268 g/mol. The Bertz CT molecular complexity index is 478. The largest absolute Gasteiger partial charge is 0.383 e. The van der Waals surface area contributed by atoms with Crippen LogP contribution in [-0.4, -0.2) is 10.8 Å². The lowest BCUT2D eigenvalue weighted by atomic mass is 10.0. The van der Waals surface area contributed by atoms with Gasteiger partial charge in [0.05, 0.1) is 5.56 Å². The lowest BCUT2D eigenvalue weighted by molar-refractivity contribution is 0.103. The monoisotopic (exact) mass is 278 g/mol. The smallest absolute Gasteiger partial charge is 0.196 e. The van der Waals surface area contributed by atoms with Crippen molar-refractivity contribution in [1.29, 1.82) is 0 Å². The number of hydrogen-bond acceptors (Lipinski definition) is 3. The second-order valence-electron chi connectivity index (χ2n) is 2.98. The van der Waals surface area contributed by atoms with E-state index < -0.39 is 0 Å². The van der Waals surface area contributed by atoms with Crippen molar-refractivity contribution in [3.05, 3.63) is 59.3 Å². The number of ketones is 1. The van der Waals surface area contributed by atoms with E-state index in [1.807, 2.05) is 0 Å². The van der Waals surface area contributed by atoms with Crippen molar-refractivity contribution in [2.75, 3.05) is 5.73 Å². The van der Waals surface area contributed by atoms with Crippen molar-refractivity contribution in [2.24, 2.45) is 0 Å². The number of pyridine rings is 1. The summed E-state index contributed by atoms with van der Waals surface area (Å²) in [5, 5.41) is 0. The summed E-state index contributed by atoms with van der Waals surface area (Å²) >= 11 is 3.24. The number of allylic oxidation sites excluding steroid dienone is 4. The summed E-state index contributed by atoms with van der Waals surface area (Å²) in [4.78, 5) is 15.9. The van der Waals surface area contributed by atoms with E-state index in [1.54, 1.807) is 12.1 Å². The number of Topliss-reactive ketones (excluding diaryl/α,β-unsaturated/α-hetero) is 1. The molecule has 4 heteroatoms. The normalized spacial score (nSPS) is 10.9. The molecule has 16 heavy (non-hydrogen) atoms. The Morgan fingerprint density at radius 2 is 2.19 bits per heavy atom. The maximum absolute atomic E-state index is 12.0. The fourth-order valence-corrected chi connectivity index (χ4v) is 1.48. The number of rotatable bonds is 4. The minimum Gasteiger partial charge on any atom is -0.383 e. The number of carbonyl (C=O) groups is 1. The second-order valence-corrected chi connectivity index (χ2v) is 3.89. The van der Waals surface area contributed by atoms with E-state index in [2.05, 4.69) is 34.1 Å². The van der Waals surface area contributed by atoms with Gasteiger partial charge in [0.1, 0.15) is 5.82 Å². The summed E-state index contributed by atoms with van der Waals surface area (Å²) in [6.45, 7) is 7.10. The van der Waals surface area contributed by atoms with Crippen molar-refractivity contribution in [2.45, 2.75) is 0 Å². The van der Waals surface area contributed by atoms with E-state index in [0.29, 0.717) is 15.6 Å². The minimum absolute atomic E-state index is 0.199. The molecule has 0 aliphatic rings. The van der Waals surface area contributed by atoms with Gasteiger partial charge in [-0.15, -0.1) is 0 Å². The first-order valence-electron chi connectivity index (χ1n) is 4.51. The number of hydrogen-bond donors (Lipinski definition) is 1. The van der Waals surface area contributed by atoms with Gasteiger partial charge in [-0.25, -0.2) is 4.98 Å². The van der Waals surface area contributed by atoms with E-state index in [9.17, 15) is 4.79 Å². The molecule has 0 spiro atoms. The predicted octanol–water partition coefficient (Wildman–Crippen LogP) is 2.91. The van der Waals surface area contributed by atoms with Crippen LogP contribution in [0.15, 0.2) is 53.7 Å². The van der Waals surface area contributed by atoms with Gasteiger partial charge < -0.3 is 5.73 Å². The maximum atomic E-state index is 12.0. The van der Waals surface area contributed by atoms with Crippen LogP contribution in [0.4, 0.5) is 5.82 Å². The molecule has 3 nitrogen and oxygen atoms in total. The Hall–Kier alpha value is -1.68. The number of anilines is 1. The number of aromatic nitrogens is 1. The molecule has 1 aromatic heterocycles. The summed E-state index contributed by atoms with van der Waals surface area (Å²) in [6.07, 6.45) is 6.10. The molecule has 2 N–H and O–H groups in total. The van der Waals surface area contributed by atoms with E-state index in [4.69, 9.17) is 5.73 Å². The molecule has 1 rings (SSSR count). The number of nitrogens with two attached hydrogens (primary N) is 1. The highest BCUT2D eigenvalue weighted by Gasteiger charge is 2.13. The minimum atomic E-state index is -0.221. The van der Waals surface area contributed by atoms with Crippen LogP contribution in [0.5, 0.6) is 0 Å². The molecule has 0 saturated heterocycles. The molecule has 82 valence electrons. The molecule has 0 aliphatic heterocycles. The first kappa shape index (κ1) is 12.4. The van der Waals surface area contributed by atoms with Crippen molar-refractivity contribution in [1.82, 2.24) is 4.98 Å². The maximum Gasteiger partial charge on any atom is 0.196 e. The molecule has 0 radical (unpaired) electrons. The number of nitrogens with zero attached hydrogens (tertiary/aromatic N) is 1. The molecule has 1 aromatic rings. The Kier molecular flexibility index (Phi) is 4.19. The quantitative estimate of drug-likeness (QED) is 0.523. The summed E-state index contributed by atoms with van der Waals surface area (Å²) < 4.78 is 0.701. The highest BCUT2D eigenvalue weighted by molar-refractivity contribution is 9.10. The Balaban J connectivity index is 3.23. The van der Waals surface area contributed by atoms with Crippen LogP contribution >= 0.6 is 15.9 Å². The van der Waals surface area contributed by atoms with Gasteiger partial charge in [0.15, 0.2) is 5.78 Å². The zero-order valence-electron chi connectivity index (χ0n) is 8.61. The molecule has 0 amide bonds. The molecular formula is C12H11BrN2O. The van der Waals surface area contributed by atoms with Crippen molar-refractivity contribution < 1.29 is 4.79 Å². The van der Waals surface area contributed by atoms with Crippen LogP contribution in [0.25, 0.3) is 0 Å². The van der Waals surface area contributed by atoms with Crippen LogP contribution < -0.4 is 5.73 Å². The van der Waals surface area contributed by atoms with Gasteiger partial charge in [0.25, 0.3) is 0 Å². The zero-order valence-corrected chi connectivity index (χ0v) is 10.2. The van der Waals surface area contributed by atoms with Crippen LogP contribution in [0.2, 0.25) is 0 Å². The van der Waals surface area contributed by atoms with E-state index in [1.165, 1.54) is 18.3 Å². The number of nitrogen functional groups attached to an aromatic ring is 1. The van der Waals surface area contributed by atoms with Gasteiger partial charge in [-0.2, -0.15) is 0 Å². The van der Waals surface area contributed by atoms with Gasteiger partial charge in [0.2, 0.25) is 0 Å². The number of halogens is 1. The summed E-state index contributed by atoms with van der Waals surface area (Å²) in [6, 6.07) is 1.63. The third-order valence-corrected chi connectivity index (χ3v) is 2.34. The zero-order chi connectivity index (χ0) is 12.1. The average Bonchev–Trinajstić information content (AvgIpc) is 2.28. The van der Waals surface area contributed by atoms with Crippen molar-refractivity contribution in [3.63, 3.8) is 0 Å². The van der Waals surface area contributed by atoms with Gasteiger partial charge in [0, 0.05) is 16.2 Å². The second kappa shape index (κ2) is 5.42. The number of carbonyl (C=O) groups excluding carboxylic acids is 1. The van der Waals surface area contributed by atoms with Crippen molar-refractivity contribution >= 4 is 27.5 Å². The van der Waals surface area contributed by atoms with Gasteiger partial charge in [-0.05, 0) is 22.0 Å². The Morgan fingerprint density at radius 1 is 1.50 bits per heavy atom. The average molecular weight is 279 g/mol. The fraction of sp³-hybridized carbons (Fsp3) is 0. The molecule has 1 heterocycles. The summed E-state index contributed by atoms with van der Waals surface area (Å²) in [5.74, 6) is -0.0220. The SMILES string of the molecule is C=C/C=C(\C=C)C(=O)c1cc(Br)cnc1N. The molecule has 0 aliphatic carbocycles. The molecule has 0 fully saturated rings. The lowest BCUT2D eigenvalue weighted by Gasteiger charge is -2.04. The van der Waals surface area contributed by atoms with E-state index in [-0.39, 0.29) is 11.6 Å². The van der Waals surface area contributed by atoms with Crippen LogP contribution in [0, 0.1) is 0 Å². The molecule has 0 atom stereocenters. The first-order chi connectivity index (χ1) is 7.60. The highest BCUT2D eigenvalue weighted by atomic mass is 79.9. The van der Waals surface area contributed by atoms with E-state index >= 15 is 0 Å².